The number of nitrogens with one attached hydrogen (secondary N) is 2. The average molecular weight is 712 g/mol. The third-order valence-corrected chi connectivity index (χ3v) is 8.90. The topological polar surface area (TPSA) is 234 Å². The normalized spacial score (nSPS) is 18.7. The van der Waals surface area contributed by atoms with Gasteiger partial charge in [0, 0.05) is 57.5 Å². The van der Waals surface area contributed by atoms with Crippen LogP contribution in [0.3, 0.4) is 0 Å². The van der Waals surface area contributed by atoms with Crippen LogP contribution < -0.4 is 10.6 Å². The third kappa shape index (κ3) is 9.39. The van der Waals surface area contributed by atoms with Crippen LogP contribution in [0.25, 0.3) is 11.1 Å². The van der Waals surface area contributed by atoms with Gasteiger partial charge in [0.1, 0.15) is 35.7 Å². The number of aliphatic hydroxyl groups excluding tert-OH is 1. The largest absolute Gasteiger partial charge is 0.507 e. The second-order valence-electron chi connectivity index (χ2n) is 12.7. The van der Waals surface area contributed by atoms with Crippen LogP contribution >= 0.6 is 0 Å². The van der Waals surface area contributed by atoms with Gasteiger partial charge in [-0.1, -0.05) is 26.0 Å². The first-order chi connectivity index (χ1) is 23.9. The molecule has 0 fully saturated rings. The molecule has 5 amide bonds. The Labute approximate surface area is 295 Å². The lowest BCUT2D eigenvalue weighted by molar-refractivity contribution is -0.145. The monoisotopic (exact) mass is 711 g/mol. The van der Waals surface area contributed by atoms with Gasteiger partial charge in [0.05, 0.1) is 13.2 Å². The molecule has 1 heterocycles. The first-order valence-corrected chi connectivity index (χ1v) is 16.3. The summed E-state index contributed by atoms with van der Waals surface area (Å²) in [5.41, 5.74) is 0.854. The van der Waals surface area contributed by atoms with E-state index >= 15 is 0 Å². The van der Waals surface area contributed by atoms with Crippen LogP contribution in [0.4, 0.5) is 0 Å². The second kappa shape index (κ2) is 16.9. The predicted octanol–water partition coefficient (Wildman–Crippen LogP) is 0.178. The van der Waals surface area contributed by atoms with E-state index in [1.807, 2.05) is 0 Å². The Morgan fingerprint density at radius 3 is 2.14 bits per heavy atom. The van der Waals surface area contributed by atoms with Gasteiger partial charge in [0.2, 0.25) is 29.5 Å². The third-order valence-electron chi connectivity index (χ3n) is 8.90. The van der Waals surface area contributed by atoms with Crippen molar-refractivity contribution in [3.05, 3.63) is 47.5 Å². The summed E-state index contributed by atoms with van der Waals surface area (Å²) >= 11 is 0. The van der Waals surface area contributed by atoms with Gasteiger partial charge < -0.3 is 45.8 Å². The molecule has 2 aromatic rings. The lowest BCUT2D eigenvalue weighted by Gasteiger charge is -2.31. The van der Waals surface area contributed by atoms with Crippen LogP contribution in [-0.2, 0) is 40.0 Å². The van der Waals surface area contributed by atoms with Gasteiger partial charge in [0.15, 0.2) is 5.78 Å². The molecule has 1 aliphatic heterocycles. The number of carbonyl (C=O) groups is 7. The fourth-order valence-electron chi connectivity index (χ4n) is 5.79. The molecule has 1 aliphatic rings. The van der Waals surface area contributed by atoms with Crippen molar-refractivity contribution in [2.45, 2.75) is 64.2 Å². The highest BCUT2D eigenvalue weighted by molar-refractivity contribution is 5.96. The smallest absolute Gasteiger partial charge is 0.326 e. The molecule has 0 unspecified atom stereocenters. The van der Waals surface area contributed by atoms with Crippen molar-refractivity contribution in [2.24, 2.45) is 5.92 Å². The van der Waals surface area contributed by atoms with Crippen molar-refractivity contribution in [3.63, 3.8) is 0 Å². The fourth-order valence-corrected chi connectivity index (χ4v) is 5.79. The van der Waals surface area contributed by atoms with E-state index in [9.17, 15) is 54.0 Å². The van der Waals surface area contributed by atoms with Crippen LogP contribution in [0.5, 0.6) is 11.5 Å². The number of nitrogens with zero attached hydrogens (tertiary/aromatic N) is 3. The number of ketones is 1. The molecule has 0 saturated carbocycles. The number of phenols is 2. The van der Waals surface area contributed by atoms with Crippen molar-refractivity contribution in [1.82, 2.24) is 25.3 Å². The number of rotatable bonds is 10. The van der Waals surface area contributed by atoms with Crippen molar-refractivity contribution in [1.29, 1.82) is 0 Å². The summed E-state index contributed by atoms with van der Waals surface area (Å²) in [6.45, 7) is 3.16. The number of aromatic hydroxyl groups is 2. The summed E-state index contributed by atoms with van der Waals surface area (Å²) in [5, 5.41) is 45.9. The van der Waals surface area contributed by atoms with E-state index in [1.165, 1.54) is 71.4 Å². The number of hydrogen-bond acceptors (Lipinski definition) is 10. The molecule has 16 nitrogen and oxygen atoms in total. The Kier molecular flexibility index (Phi) is 13.3. The maximum absolute atomic E-state index is 13.9. The highest BCUT2D eigenvalue weighted by Crippen LogP contribution is 2.39. The summed E-state index contributed by atoms with van der Waals surface area (Å²) in [6.07, 6.45) is -0.470. The highest BCUT2D eigenvalue weighted by atomic mass is 16.4. The molecule has 3 rings (SSSR count). The van der Waals surface area contributed by atoms with Crippen molar-refractivity contribution >= 4 is 41.3 Å². The quantitative estimate of drug-likeness (QED) is 0.195. The summed E-state index contributed by atoms with van der Waals surface area (Å²) in [7, 11) is 3.98. The zero-order valence-electron chi connectivity index (χ0n) is 29.4. The zero-order chi connectivity index (χ0) is 38.3. The van der Waals surface area contributed by atoms with Crippen molar-refractivity contribution in [2.75, 3.05) is 34.3 Å². The number of carboxylic acids is 1. The lowest BCUT2D eigenvalue weighted by atomic mass is 9.90. The first-order valence-electron chi connectivity index (χ1n) is 16.3. The Morgan fingerprint density at radius 1 is 0.941 bits per heavy atom. The number of carboxylic acid groups (broad SMARTS) is 1. The predicted molar refractivity (Wildman–Crippen MR) is 182 cm³/mol. The minimum atomic E-state index is -1.37. The Bertz CT molecular complexity index is 1700. The maximum Gasteiger partial charge on any atom is 0.326 e. The van der Waals surface area contributed by atoms with Gasteiger partial charge in [-0.3, -0.25) is 28.8 Å². The van der Waals surface area contributed by atoms with Crippen LogP contribution in [-0.4, -0.2) is 129 Å². The van der Waals surface area contributed by atoms with Gasteiger partial charge in [-0.25, -0.2) is 4.79 Å². The molecule has 0 aromatic heterocycles. The SMILES string of the molecule is CCC(=O)N(C)[C@H](CO)C(=O)N[C@H](C)C(=O)N(C)CC(=O)N(C)[C@@H]1C(=O)C[C@@H](C)C(=O)N[C@H](C(=O)O)Cc2ccc(O)c(c2)-c2cc1ccc2O. The fraction of sp³-hybridized carbons (Fsp3) is 0.457. The molecule has 0 radical (unpaired) electrons. The molecule has 2 aromatic carbocycles. The van der Waals surface area contributed by atoms with E-state index < -0.39 is 90.9 Å². The number of aliphatic carboxylic acids is 1. The first kappa shape index (κ1) is 39.9. The second-order valence-corrected chi connectivity index (χ2v) is 12.7. The molecule has 4 bridgehead atoms. The van der Waals surface area contributed by atoms with Gasteiger partial charge in [-0.2, -0.15) is 0 Å². The average Bonchev–Trinajstić information content (AvgIpc) is 3.08. The minimum absolute atomic E-state index is 0.0923. The number of benzene rings is 2. The Morgan fingerprint density at radius 2 is 1.55 bits per heavy atom. The van der Waals surface area contributed by atoms with Gasteiger partial charge in [0.25, 0.3) is 0 Å². The summed E-state index contributed by atoms with van der Waals surface area (Å²) < 4.78 is 0. The van der Waals surface area contributed by atoms with E-state index in [1.54, 1.807) is 6.92 Å². The van der Waals surface area contributed by atoms with E-state index in [0.717, 1.165) is 14.7 Å². The molecule has 0 aliphatic carbocycles. The number of hydrogen-bond donors (Lipinski definition) is 6. The Balaban J connectivity index is 1.94. The highest BCUT2D eigenvalue weighted by Gasteiger charge is 2.35. The van der Waals surface area contributed by atoms with Crippen LogP contribution in [0.15, 0.2) is 36.4 Å². The molecule has 0 spiro atoms. The van der Waals surface area contributed by atoms with Crippen LogP contribution in [0.2, 0.25) is 0 Å². The number of phenolic OH excluding ortho intramolecular Hbond substituents is 2. The lowest BCUT2D eigenvalue weighted by Crippen LogP contribution is -2.55. The molecule has 16 heteroatoms. The molecule has 276 valence electrons. The van der Waals surface area contributed by atoms with Gasteiger partial charge in [-0.05, 0) is 42.3 Å². The summed E-state index contributed by atoms with van der Waals surface area (Å²) in [5.74, 6) is -6.76. The summed E-state index contributed by atoms with van der Waals surface area (Å²) in [6, 6.07) is 3.22. The molecule has 5 atom stereocenters. The van der Waals surface area contributed by atoms with Crippen LogP contribution in [0, 0.1) is 5.92 Å². The minimum Gasteiger partial charge on any atom is -0.507 e. The molecular weight excluding hydrogens is 666 g/mol. The zero-order valence-corrected chi connectivity index (χ0v) is 29.4. The molecule has 0 saturated heterocycles. The van der Waals surface area contributed by atoms with Gasteiger partial charge in [-0.15, -0.1) is 0 Å². The molecule has 51 heavy (non-hydrogen) atoms. The number of fused-ring (bicyclic) bond motifs is 5. The van der Waals surface area contributed by atoms with Crippen molar-refractivity contribution in [3.8, 4) is 22.6 Å². The maximum atomic E-state index is 13.9. The number of Topliss-reactive ketones (excluding diaryl/α,β-unsaturated/α-hetero) is 1. The van der Waals surface area contributed by atoms with E-state index in [2.05, 4.69) is 10.6 Å². The van der Waals surface area contributed by atoms with E-state index in [4.69, 9.17) is 0 Å². The van der Waals surface area contributed by atoms with Gasteiger partial charge >= 0.3 is 5.97 Å². The molecular formula is C35H45N5O11. The molecule has 6 N–H and O–H groups in total. The van der Waals surface area contributed by atoms with E-state index in [0.29, 0.717) is 5.56 Å². The number of amides is 5. The number of aliphatic hydroxyl groups is 1. The number of carbonyl (C=O) groups excluding carboxylic acids is 6. The standard InChI is InChI=1S/C35H45N5O11/c1-7-29(45)39(5)25(17-41)33(48)36-19(3)34(49)38(4)16-30(46)40(6)31-21-9-11-27(43)23(15-21)22-13-20(8-10-26(22)42)14-24(35(50)51)37-32(47)18(2)12-28(31)44/h8-11,13,15,18-19,24-25,31,41-43H,7,12,14,16-17H2,1-6H3,(H,36,48)(H,37,47)(H,50,51)/t18-,19-,24+,25-,31+/m1/s1. The van der Waals surface area contributed by atoms with Crippen LogP contribution in [0.1, 0.15) is 50.8 Å². The van der Waals surface area contributed by atoms with Crippen molar-refractivity contribution < 1.29 is 54.0 Å². The van der Waals surface area contributed by atoms with E-state index in [-0.39, 0.29) is 41.0 Å². The Hall–Kier alpha value is -5.51. The number of likely N-dealkylation sites (N-methyl/N-ethyl adjacent to an activating group) is 3. The summed E-state index contributed by atoms with van der Waals surface area (Å²) in [4.78, 5) is 93.9.